The quantitative estimate of drug-likeness (QED) is 0.766. The van der Waals surface area contributed by atoms with Gasteiger partial charge in [0, 0.05) is 19.3 Å². The number of carbonyl (C=O) groups excluding carboxylic acids is 1. The molecule has 0 atom stereocenters. The second-order valence-corrected chi connectivity index (χ2v) is 6.29. The minimum Gasteiger partial charge on any atom is -0.462 e. The Hall–Kier alpha value is -2.14. The van der Waals surface area contributed by atoms with E-state index in [2.05, 4.69) is 27.6 Å². The first kappa shape index (κ1) is 16.7. The van der Waals surface area contributed by atoms with Crippen molar-refractivity contribution in [2.75, 3.05) is 19.7 Å². The van der Waals surface area contributed by atoms with Crippen molar-refractivity contribution >= 4 is 5.97 Å². The standard InChI is InChI=1S/C19H25N3O2/c1-3-24-19(23)17-8-6-16(7-9-17)5-4-10-21-11-12-22-13-15(2)20-18(22)14-21/h6-9,13H,3-5,10-12,14H2,1-2H3. The van der Waals surface area contributed by atoms with Crippen LogP contribution in [0.25, 0.3) is 0 Å². The Morgan fingerprint density at radius 1 is 1.25 bits per heavy atom. The Kier molecular flexibility index (Phi) is 5.30. The van der Waals surface area contributed by atoms with Crippen LogP contribution in [-0.2, 0) is 24.2 Å². The van der Waals surface area contributed by atoms with Crippen molar-refractivity contribution in [2.45, 2.75) is 39.8 Å². The van der Waals surface area contributed by atoms with Crippen molar-refractivity contribution in [1.29, 1.82) is 0 Å². The summed E-state index contributed by atoms with van der Waals surface area (Å²) in [4.78, 5) is 18.7. The average Bonchev–Trinajstić information content (AvgIpc) is 2.95. The molecule has 5 nitrogen and oxygen atoms in total. The normalized spacial score (nSPS) is 14.4. The molecule has 0 aliphatic carbocycles. The first-order valence-electron chi connectivity index (χ1n) is 8.67. The number of fused-ring (bicyclic) bond motifs is 1. The Balaban J connectivity index is 1.46. The SMILES string of the molecule is CCOC(=O)c1ccc(CCCN2CCn3cc(C)nc3C2)cc1. The molecule has 128 valence electrons. The van der Waals surface area contributed by atoms with Crippen LogP contribution in [0.1, 0.15) is 40.8 Å². The van der Waals surface area contributed by atoms with Gasteiger partial charge in [-0.25, -0.2) is 9.78 Å². The Morgan fingerprint density at radius 2 is 2.04 bits per heavy atom. The van der Waals surface area contributed by atoms with E-state index in [0.717, 1.165) is 44.7 Å². The first-order chi connectivity index (χ1) is 11.7. The predicted octanol–water partition coefficient (Wildman–Crippen LogP) is 2.82. The molecule has 1 aromatic carbocycles. The summed E-state index contributed by atoms with van der Waals surface area (Å²) in [6, 6.07) is 7.76. The summed E-state index contributed by atoms with van der Waals surface area (Å²) in [7, 11) is 0. The largest absolute Gasteiger partial charge is 0.462 e. The molecule has 0 N–H and O–H groups in total. The maximum Gasteiger partial charge on any atom is 0.338 e. The molecule has 1 aromatic heterocycles. The fourth-order valence-corrected chi connectivity index (χ4v) is 3.16. The molecule has 2 heterocycles. The lowest BCUT2D eigenvalue weighted by Crippen LogP contribution is -2.34. The molecule has 3 rings (SSSR count). The van der Waals surface area contributed by atoms with Crippen molar-refractivity contribution in [3.63, 3.8) is 0 Å². The highest BCUT2D eigenvalue weighted by molar-refractivity contribution is 5.89. The van der Waals surface area contributed by atoms with Crippen LogP contribution < -0.4 is 0 Å². The Bertz CT molecular complexity index is 691. The molecule has 0 amide bonds. The molecule has 0 radical (unpaired) electrons. The van der Waals surface area contributed by atoms with Crippen LogP contribution in [0.3, 0.4) is 0 Å². The molecule has 24 heavy (non-hydrogen) atoms. The van der Waals surface area contributed by atoms with E-state index < -0.39 is 0 Å². The number of aryl methyl sites for hydroxylation is 2. The number of ether oxygens (including phenoxy) is 1. The first-order valence-corrected chi connectivity index (χ1v) is 8.67. The lowest BCUT2D eigenvalue weighted by Gasteiger charge is -2.27. The number of carbonyl (C=O) groups is 1. The second kappa shape index (κ2) is 7.62. The summed E-state index contributed by atoms with van der Waals surface area (Å²) in [5.74, 6) is 0.931. The zero-order chi connectivity index (χ0) is 16.9. The number of rotatable bonds is 6. The van der Waals surface area contributed by atoms with Crippen molar-refractivity contribution in [3.8, 4) is 0 Å². The molecule has 0 unspecified atom stereocenters. The molecule has 0 spiro atoms. The summed E-state index contributed by atoms with van der Waals surface area (Å²) < 4.78 is 7.27. The topological polar surface area (TPSA) is 47.4 Å². The maximum atomic E-state index is 11.6. The highest BCUT2D eigenvalue weighted by Crippen LogP contribution is 2.14. The number of nitrogens with zero attached hydrogens (tertiary/aromatic N) is 3. The number of esters is 1. The fraction of sp³-hybridized carbons (Fsp3) is 0.474. The van der Waals surface area contributed by atoms with Gasteiger partial charge >= 0.3 is 5.97 Å². The van der Waals surface area contributed by atoms with E-state index in [0.29, 0.717) is 12.2 Å². The zero-order valence-corrected chi connectivity index (χ0v) is 14.5. The molecule has 1 aliphatic heterocycles. The summed E-state index contributed by atoms with van der Waals surface area (Å²) in [5.41, 5.74) is 2.99. The molecule has 2 aromatic rings. The number of hydrogen-bond acceptors (Lipinski definition) is 4. The molecule has 5 heteroatoms. The van der Waals surface area contributed by atoms with Gasteiger partial charge in [0.1, 0.15) is 5.82 Å². The fourth-order valence-electron chi connectivity index (χ4n) is 3.16. The smallest absolute Gasteiger partial charge is 0.338 e. The van der Waals surface area contributed by atoms with E-state index >= 15 is 0 Å². The highest BCUT2D eigenvalue weighted by atomic mass is 16.5. The number of hydrogen-bond donors (Lipinski definition) is 0. The van der Waals surface area contributed by atoms with Gasteiger partial charge in [0.2, 0.25) is 0 Å². The number of benzene rings is 1. The van der Waals surface area contributed by atoms with Crippen LogP contribution in [0.2, 0.25) is 0 Å². The monoisotopic (exact) mass is 327 g/mol. The maximum absolute atomic E-state index is 11.6. The third-order valence-corrected chi connectivity index (χ3v) is 4.41. The summed E-state index contributed by atoms with van der Waals surface area (Å²) in [6.07, 6.45) is 4.27. The van der Waals surface area contributed by atoms with Gasteiger partial charge in [0.25, 0.3) is 0 Å². The van der Waals surface area contributed by atoms with Gasteiger partial charge in [-0.2, -0.15) is 0 Å². The minimum absolute atomic E-state index is 0.247. The van der Waals surface area contributed by atoms with Gasteiger partial charge in [-0.05, 0) is 50.9 Å². The lowest BCUT2D eigenvalue weighted by molar-refractivity contribution is 0.0526. The minimum atomic E-state index is -0.247. The molecular weight excluding hydrogens is 302 g/mol. The van der Waals surface area contributed by atoms with Crippen molar-refractivity contribution in [2.24, 2.45) is 0 Å². The van der Waals surface area contributed by atoms with E-state index in [1.165, 1.54) is 11.4 Å². The molecule has 0 fully saturated rings. The third-order valence-electron chi connectivity index (χ3n) is 4.41. The van der Waals surface area contributed by atoms with Crippen LogP contribution in [0.5, 0.6) is 0 Å². The summed E-state index contributed by atoms with van der Waals surface area (Å²) >= 11 is 0. The van der Waals surface area contributed by atoms with Crippen molar-refractivity contribution in [1.82, 2.24) is 14.5 Å². The average molecular weight is 327 g/mol. The molecule has 0 saturated carbocycles. The van der Waals surface area contributed by atoms with E-state index in [4.69, 9.17) is 4.74 Å². The molecule has 1 aliphatic rings. The van der Waals surface area contributed by atoms with E-state index in [-0.39, 0.29) is 5.97 Å². The second-order valence-electron chi connectivity index (χ2n) is 6.29. The van der Waals surface area contributed by atoms with Crippen LogP contribution in [0.15, 0.2) is 30.5 Å². The predicted molar refractivity (Wildman–Crippen MR) is 93.0 cm³/mol. The number of aromatic nitrogens is 2. The van der Waals surface area contributed by atoms with Gasteiger partial charge in [0.05, 0.1) is 24.4 Å². The lowest BCUT2D eigenvalue weighted by atomic mass is 10.1. The highest BCUT2D eigenvalue weighted by Gasteiger charge is 2.17. The van der Waals surface area contributed by atoms with Crippen molar-refractivity contribution in [3.05, 3.63) is 53.1 Å². The number of imidazole rings is 1. The molecule has 0 saturated heterocycles. The van der Waals surface area contributed by atoms with Crippen LogP contribution in [-0.4, -0.2) is 40.1 Å². The van der Waals surface area contributed by atoms with Crippen LogP contribution in [0, 0.1) is 6.92 Å². The Labute approximate surface area is 143 Å². The Morgan fingerprint density at radius 3 is 2.79 bits per heavy atom. The third kappa shape index (κ3) is 4.03. The summed E-state index contributed by atoms with van der Waals surface area (Å²) in [6.45, 7) is 8.42. The van der Waals surface area contributed by atoms with E-state index in [1.54, 1.807) is 0 Å². The van der Waals surface area contributed by atoms with Crippen LogP contribution in [0.4, 0.5) is 0 Å². The van der Waals surface area contributed by atoms with E-state index in [9.17, 15) is 4.79 Å². The van der Waals surface area contributed by atoms with Crippen LogP contribution >= 0.6 is 0 Å². The van der Waals surface area contributed by atoms with Crippen molar-refractivity contribution < 1.29 is 9.53 Å². The molecular formula is C19H25N3O2. The summed E-state index contributed by atoms with van der Waals surface area (Å²) in [5, 5.41) is 0. The van der Waals surface area contributed by atoms with Gasteiger partial charge < -0.3 is 9.30 Å². The van der Waals surface area contributed by atoms with Gasteiger partial charge in [-0.1, -0.05) is 12.1 Å². The zero-order valence-electron chi connectivity index (χ0n) is 14.5. The van der Waals surface area contributed by atoms with Gasteiger partial charge in [-0.15, -0.1) is 0 Å². The van der Waals surface area contributed by atoms with Gasteiger partial charge in [0.15, 0.2) is 0 Å². The van der Waals surface area contributed by atoms with Gasteiger partial charge in [-0.3, -0.25) is 4.90 Å². The molecule has 0 bridgehead atoms. The van der Waals surface area contributed by atoms with E-state index in [1.807, 2.05) is 31.2 Å².